The molecule has 4 nitrogen and oxygen atoms in total. The molecule has 1 aromatic rings. The first-order valence-corrected chi connectivity index (χ1v) is 4.68. The highest BCUT2D eigenvalue weighted by molar-refractivity contribution is 5.83. The van der Waals surface area contributed by atoms with Crippen LogP contribution in [0.1, 0.15) is 16.7 Å². The van der Waals surface area contributed by atoms with Gasteiger partial charge in [0.05, 0.1) is 6.21 Å². The molecule has 4 N–H and O–H groups in total. The molecule has 0 atom stereocenters. The van der Waals surface area contributed by atoms with Crippen LogP contribution in [-0.2, 0) is 0 Å². The molecular weight excluding hydrogens is 200 g/mol. The fraction of sp³-hybridized carbons (Fsp3) is 0. The van der Waals surface area contributed by atoms with Crippen molar-refractivity contribution in [3.63, 3.8) is 0 Å². The summed E-state index contributed by atoms with van der Waals surface area (Å²) in [5.74, 6) is -0.0668. The zero-order chi connectivity index (χ0) is 12.0. The summed E-state index contributed by atoms with van der Waals surface area (Å²) in [4.78, 5) is 0. The number of hydrogen-bond acceptors (Lipinski definition) is 2. The number of benzene rings is 1. The molecule has 0 fully saturated rings. The van der Waals surface area contributed by atoms with E-state index in [1.807, 2.05) is 18.2 Å². The number of nitrogens with zero attached hydrogens (tertiary/aromatic N) is 2. The van der Waals surface area contributed by atoms with Gasteiger partial charge in [-0.15, -0.1) is 5.10 Å². The highest BCUT2D eigenvalue weighted by Crippen LogP contribution is 2.13. The lowest BCUT2D eigenvalue weighted by molar-refractivity contribution is 1.21. The summed E-state index contributed by atoms with van der Waals surface area (Å²) in [7, 11) is 0. The number of rotatable bonds is 4. The van der Waals surface area contributed by atoms with E-state index in [4.69, 9.17) is 11.5 Å². The predicted molar refractivity (Wildman–Crippen MR) is 70.0 cm³/mol. The summed E-state index contributed by atoms with van der Waals surface area (Å²) >= 11 is 0. The highest BCUT2D eigenvalue weighted by Gasteiger charge is 1.96. The van der Waals surface area contributed by atoms with Crippen LogP contribution in [-0.4, -0.2) is 12.2 Å². The van der Waals surface area contributed by atoms with Crippen LogP contribution in [0.2, 0.25) is 0 Å². The van der Waals surface area contributed by atoms with E-state index in [2.05, 4.69) is 23.4 Å². The van der Waals surface area contributed by atoms with Gasteiger partial charge < -0.3 is 11.5 Å². The first-order valence-electron chi connectivity index (χ1n) is 4.68. The van der Waals surface area contributed by atoms with Crippen molar-refractivity contribution in [3.05, 3.63) is 48.0 Å². The predicted octanol–water partition coefficient (Wildman–Crippen LogP) is 1.58. The Labute approximate surface area is 94.7 Å². The summed E-state index contributed by atoms with van der Waals surface area (Å²) in [5, 5.41) is 7.24. The molecule has 0 aromatic heterocycles. The van der Waals surface area contributed by atoms with E-state index < -0.39 is 0 Å². The monoisotopic (exact) mass is 214 g/mol. The average Bonchev–Trinajstić information content (AvgIpc) is 2.28. The van der Waals surface area contributed by atoms with Crippen LogP contribution in [0, 0.1) is 0 Å². The maximum absolute atomic E-state index is 5.14. The fourth-order valence-electron chi connectivity index (χ4n) is 1.20. The third kappa shape index (κ3) is 3.09. The van der Waals surface area contributed by atoms with Crippen LogP contribution in [0.5, 0.6) is 0 Å². The molecule has 4 heteroatoms. The van der Waals surface area contributed by atoms with Crippen molar-refractivity contribution >= 4 is 24.3 Å². The zero-order valence-electron chi connectivity index (χ0n) is 8.93. The van der Waals surface area contributed by atoms with Crippen molar-refractivity contribution in [2.45, 2.75) is 0 Å². The summed E-state index contributed by atoms with van der Waals surface area (Å²) in [6.45, 7) is 7.45. The maximum atomic E-state index is 5.14. The van der Waals surface area contributed by atoms with Gasteiger partial charge in [-0.05, 0) is 22.8 Å². The third-order valence-electron chi connectivity index (χ3n) is 1.93. The Hall–Kier alpha value is -2.36. The summed E-state index contributed by atoms with van der Waals surface area (Å²) < 4.78 is 0. The van der Waals surface area contributed by atoms with Gasteiger partial charge in [0.25, 0.3) is 0 Å². The average molecular weight is 214 g/mol. The van der Waals surface area contributed by atoms with Crippen molar-refractivity contribution in [1.29, 1.82) is 0 Å². The molecule has 0 bridgehead atoms. The zero-order valence-corrected chi connectivity index (χ0v) is 8.93. The minimum absolute atomic E-state index is 0.0668. The van der Waals surface area contributed by atoms with Crippen molar-refractivity contribution in [3.8, 4) is 0 Å². The SMILES string of the molecule is C=Cc1ccc(/C=N/N=C(N)N)cc1C=C. The van der Waals surface area contributed by atoms with E-state index in [0.29, 0.717) is 0 Å². The van der Waals surface area contributed by atoms with Crippen molar-refractivity contribution in [1.82, 2.24) is 0 Å². The van der Waals surface area contributed by atoms with Crippen molar-refractivity contribution < 1.29 is 0 Å². The van der Waals surface area contributed by atoms with E-state index in [-0.39, 0.29) is 5.96 Å². The molecule has 0 saturated heterocycles. The van der Waals surface area contributed by atoms with Gasteiger partial charge in [0.1, 0.15) is 0 Å². The van der Waals surface area contributed by atoms with Crippen LogP contribution in [0.3, 0.4) is 0 Å². The van der Waals surface area contributed by atoms with Crippen LogP contribution in [0.15, 0.2) is 41.6 Å². The quantitative estimate of drug-likeness (QED) is 0.453. The van der Waals surface area contributed by atoms with Gasteiger partial charge in [-0.25, -0.2) is 0 Å². The molecule has 1 aromatic carbocycles. The molecule has 0 aliphatic heterocycles. The Morgan fingerprint density at radius 1 is 1.12 bits per heavy atom. The molecule has 0 unspecified atom stereocenters. The van der Waals surface area contributed by atoms with Gasteiger partial charge in [-0.1, -0.05) is 37.4 Å². The maximum Gasteiger partial charge on any atom is 0.211 e. The minimum Gasteiger partial charge on any atom is -0.369 e. The van der Waals surface area contributed by atoms with Gasteiger partial charge in [-0.2, -0.15) is 5.10 Å². The first-order chi connectivity index (χ1) is 7.67. The second kappa shape index (κ2) is 5.50. The Kier molecular flexibility index (Phi) is 4.03. The molecule has 82 valence electrons. The number of nitrogens with two attached hydrogens (primary N) is 2. The van der Waals surface area contributed by atoms with Gasteiger partial charge >= 0.3 is 0 Å². The summed E-state index contributed by atoms with van der Waals surface area (Å²) in [5.41, 5.74) is 13.2. The topological polar surface area (TPSA) is 76.8 Å². The molecule has 16 heavy (non-hydrogen) atoms. The summed E-state index contributed by atoms with van der Waals surface area (Å²) in [6, 6.07) is 5.76. The lowest BCUT2D eigenvalue weighted by Crippen LogP contribution is -2.21. The summed E-state index contributed by atoms with van der Waals surface area (Å²) in [6.07, 6.45) is 5.10. The molecule has 0 spiro atoms. The molecular formula is C12H14N4. The molecule has 0 aliphatic rings. The van der Waals surface area contributed by atoms with Crippen LogP contribution in [0.25, 0.3) is 12.2 Å². The second-order valence-corrected chi connectivity index (χ2v) is 3.07. The molecule has 0 amide bonds. The van der Waals surface area contributed by atoms with E-state index in [1.165, 1.54) is 0 Å². The van der Waals surface area contributed by atoms with Crippen LogP contribution in [0.4, 0.5) is 0 Å². The largest absolute Gasteiger partial charge is 0.369 e. The van der Waals surface area contributed by atoms with Crippen molar-refractivity contribution in [2.75, 3.05) is 0 Å². The molecule has 0 heterocycles. The normalized spacial score (nSPS) is 10.0. The van der Waals surface area contributed by atoms with Crippen LogP contribution < -0.4 is 11.5 Å². The van der Waals surface area contributed by atoms with Gasteiger partial charge in [0.15, 0.2) is 0 Å². The Bertz CT molecular complexity index is 454. The smallest absolute Gasteiger partial charge is 0.211 e. The lowest BCUT2D eigenvalue weighted by atomic mass is 10.0. The highest BCUT2D eigenvalue weighted by atomic mass is 15.3. The van der Waals surface area contributed by atoms with Gasteiger partial charge in [0, 0.05) is 0 Å². The third-order valence-corrected chi connectivity index (χ3v) is 1.93. The minimum atomic E-state index is -0.0668. The fourth-order valence-corrected chi connectivity index (χ4v) is 1.20. The molecule has 0 aliphatic carbocycles. The van der Waals surface area contributed by atoms with E-state index in [9.17, 15) is 0 Å². The van der Waals surface area contributed by atoms with E-state index in [0.717, 1.165) is 16.7 Å². The van der Waals surface area contributed by atoms with Crippen LogP contribution >= 0.6 is 0 Å². The van der Waals surface area contributed by atoms with Crippen molar-refractivity contribution in [2.24, 2.45) is 21.7 Å². The lowest BCUT2D eigenvalue weighted by Gasteiger charge is -2.01. The van der Waals surface area contributed by atoms with Gasteiger partial charge in [-0.3, -0.25) is 0 Å². The number of guanidine groups is 1. The second-order valence-electron chi connectivity index (χ2n) is 3.07. The van der Waals surface area contributed by atoms with E-state index >= 15 is 0 Å². The number of hydrogen-bond donors (Lipinski definition) is 2. The Morgan fingerprint density at radius 3 is 2.38 bits per heavy atom. The Balaban J connectivity index is 3.00. The molecule has 1 rings (SSSR count). The van der Waals surface area contributed by atoms with Gasteiger partial charge in [0.2, 0.25) is 5.96 Å². The first kappa shape index (κ1) is 11.7. The molecule has 0 radical (unpaired) electrons. The Morgan fingerprint density at radius 2 is 1.81 bits per heavy atom. The molecule has 0 saturated carbocycles. The standard InChI is InChI=1S/C12H14N4/c1-3-10-6-5-9(7-11(10)4-2)8-15-16-12(13)14/h3-8H,1-2H2,(H4,13,14,16)/b15-8+. The van der Waals surface area contributed by atoms with E-state index in [1.54, 1.807) is 18.4 Å².